The van der Waals surface area contributed by atoms with Crippen molar-refractivity contribution < 1.29 is 0 Å². The van der Waals surface area contributed by atoms with Gasteiger partial charge in [-0.05, 0) is 18.2 Å². The summed E-state index contributed by atoms with van der Waals surface area (Å²) < 4.78 is 0. The zero-order chi connectivity index (χ0) is 12.6. The molecule has 88 valence electrons. The molecule has 0 heterocycles. The van der Waals surface area contributed by atoms with Crippen molar-refractivity contribution in [2.45, 2.75) is 0 Å². The predicted molar refractivity (Wildman–Crippen MR) is 76.9 cm³/mol. The second-order valence-electron chi connectivity index (χ2n) is 3.35. The van der Waals surface area contributed by atoms with E-state index in [-0.39, 0.29) is 0 Å². The van der Waals surface area contributed by atoms with E-state index in [2.05, 4.69) is 0 Å². The van der Waals surface area contributed by atoms with Crippen LogP contribution < -0.4 is 0 Å². The molecule has 2 aromatic rings. The van der Waals surface area contributed by atoms with Gasteiger partial charge in [-0.15, -0.1) is 0 Å². The molecule has 5 heteroatoms. The highest BCUT2D eigenvalue weighted by Crippen LogP contribution is 2.41. The molecule has 0 nitrogen and oxygen atoms in total. The Kier molecular flexibility index (Phi) is 4.12. The minimum Gasteiger partial charge on any atom is -0.0843 e. The molecule has 17 heavy (non-hydrogen) atoms. The van der Waals surface area contributed by atoms with Gasteiger partial charge in [0.25, 0.3) is 0 Å². The van der Waals surface area contributed by atoms with Crippen LogP contribution in [0, 0.1) is 0 Å². The molecule has 0 amide bonds. The summed E-state index contributed by atoms with van der Waals surface area (Å²) in [5.41, 5.74) is 1.37. The van der Waals surface area contributed by atoms with Crippen LogP contribution in [-0.2, 0) is 0 Å². The average molecular weight is 326 g/mol. The van der Waals surface area contributed by atoms with Crippen molar-refractivity contribution in [1.29, 1.82) is 0 Å². The smallest absolute Gasteiger partial charge is 0.0672 e. The van der Waals surface area contributed by atoms with Gasteiger partial charge in [-0.2, -0.15) is 0 Å². The van der Waals surface area contributed by atoms with E-state index in [1.165, 1.54) is 0 Å². The summed E-state index contributed by atoms with van der Waals surface area (Å²) in [4.78, 5) is 0. The second kappa shape index (κ2) is 5.26. The molecule has 0 aromatic heterocycles. The van der Waals surface area contributed by atoms with Gasteiger partial charge in [0, 0.05) is 16.1 Å². The van der Waals surface area contributed by atoms with Gasteiger partial charge in [-0.1, -0.05) is 70.1 Å². The summed E-state index contributed by atoms with van der Waals surface area (Å²) in [6.45, 7) is 0. The highest BCUT2D eigenvalue weighted by Gasteiger charge is 2.13. The Labute approximate surface area is 124 Å². The minimum absolute atomic E-state index is 0.380. The van der Waals surface area contributed by atoms with E-state index in [0.717, 1.165) is 0 Å². The molecule has 0 aliphatic heterocycles. The highest BCUT2D eigenvalue weighted by atomic mass is 35.5. The Morgan fingerprint density at radius 1 is 0.647 bits per heavy atom. The summed E-state index contributed by atoms with van der Waals surface area (Å²) in [6, 6.07) is 8.57. The fourth-order valence-corrected chi connectivity index (χ4v) is 2.57. The summed E-state index contributed by atoms with van der Waals surface area (Å²) >= 11 is 30.1. The highest BCUT2D eigenvalue weighted by molar-refractivity contribution is 6.47. The van der Waals surface area contributed by atoms with Crippen molar-refractivity contribution in [2.75, 3.05) is 0 Å². The fraction of sp³-hybridized carbons (Fsp3) is 0. The van der Waals surface area contributed by atoms with Crippen LogP contribution in [0.1, 0.15) is 0 Å². The Hall–Kier alpha value is -0.110. The third-order valence-corrected chi connectivity index (χ3v) is 4.07. The maximum atomic E-state index is 6.13. The van der Waals surface area contributed by atoms with E-state index in [9.17, 15) is 0 Å². The first-order valence-electron chi connectivity index (χ1n) is 4.59. The number of hydrogen-bond donors (Lipinski definition) is 0. The number of halogens is 5. The molecule has 0 radical (unpaired) electrons. The van der Waals surface area contributed by atoms with Gasteiger partial charge < -0.3 is 0 Å². The third-order valence-electron chi connectivity index (χ3n) is 2.23. The summed E-state index contributed by atoms with van der Waals surface area (Å²) in [5, 5.41) is 2.15. The van der Waals surface area contributed by atoms with Crippen LogP contribution in [0.3, 0.4) is 0 Å². The van der Waals surface area contributed by atoms with Gasteiger partial charge in [0.1, 0.15) is 0 Å². The third kappa shape index (κ3) is 2.67. The molecule has 0 aliphatic rings. The maximum absolute atomic E-state index is 6.13. The van der Waals surface area contributed by atoms with Crippen molar-refractivity contribution in [3.63, 3.8) is 0 Å². The summed E-state index contributed by atoms with van der Waals surface area (Å²) in [7, 11) is 0. The molecule has 0 fully saturated rings. The molecule has 0 N–H and O–H groups in total. The van der Waals surface area contributed by atoms with Crippen molar-refractivity contribution in [3.05, 3.63) is 55.4 Å². The monoisotopic (exact) mass is 324 g/mol. The lowest BCUT2D eigenvalue weighted by Gasteiger charge is -2.09. The first kappa shape index (κ1) is 13.3. The van der Waals surface area contributed by atoms with E-state index >= 15 is 0 Å². The Balaban J connectivity index is 2.73. The Bertz CT molecular complexity index is 577. The molecular weight excluding hydrogens is 321 g/mol. The van der Waals surface area contributed by atoms with E-state index in [1.807, 2.05) is 6.07 Å². The van der Waals surface area contributed by atoms with Crippen molar-refractivity contribution in [3.8, 4) is 11.1 Å². The van der Waals surface area contributed by atoms with E-state index in [0.29, 0.717) is 36.2 Å². The molecule has 0 bridgehead atoms. The van der Waals surface area contributed by atoms with E-state index in [4.69, 9.17) is 58.0 Å². The first-order valence-corrected chi connectivity index (χ1v) is 6.48. The van der Waals surface area contributed by atoms with Gasteiger partial charge in [0.05, 0.1) is 20.1 Å². The molecule has 0 atom stereocenters. The predicted octanol–water partition coefficient (Wildman–Crippen LogP) is 6.62. The Morgan fingerprint density at radius 3 is 2.00 bits per heavy atom. The van der Waals surface area contributed by atoms with Crippen molar-refractivity contribution in [2.24, 2.45) is 0 Å². The minimum atomic E-state index is 0.380. The van der Waals surface area contributed by atoms with Crippen LogP contribution in [0.2, 0.25) is 25.1 Å². The molecule has 0 unspecified atom stereocenters. The molecular formula is C12H5Cl5. The number of hydrogen-bond acceptors (Lipinski definition) is 0. The lowest BCUT2D eigenvalue weighted by molar-refractivity contribution is 1.61. The van der Waals surface area contributed by atoms with Gasteiger partial charge in [-0.3, -0.25) is 0 Å². The first-order chi connectivity index (χ1) is 8.00. The molecule has 0 saturated carbocycles. The van der Waals surface area contributed by atoms with E-state index in [1.54, 1.807) is 24.3 Å². The van der Waals surface area contributed by atoms with Crippen LogP contribution in [0.25, 0.3) is 11.1 Å². The molecule has 0 aliphatic carbocycles. The van der Waals surface area contributed by atoms with E-state index < -0.39 is 0 Å². The van der Waals surface area contributed by atoms with Gasteiger partial charge >= 0.3 is 0 Å². The number of rotatable bonds is 1. The summed E-state index contributed by atoms with van der Waals surface area (Å²) in [5.74, 6) is 0. The van der Waals surface area contributed by atoms with Crippen molar-refractivity contribution in [1.82, 2.24) is 0 Å². The van der Waals surface area contributed by atoms with Gasteiger partial charge in [-0.25, -0.2) is 0 Å². The topological polar surface area (TPSA) is 0 Å². The molecule has 2 rings (SSSR count). The van der Waals surface area contributed by atoms with Crippen molar-refractivity contribution >= 4 is 58.0 Å². The average Bonchev–Trinajstić information content (AvgIpc) is 2.27. The molecule has 2 aromatic carbocycles. The lowest BCUT2D eigenvalue weighted by Crippen LogP contribution is -1.84. The fourth-order valence-electron chi connectivity index (χ4n) is 1.46. The van der Waals surface area contributed by atoms with Crippen LogP contribution in [-0.4, -0.2) is 0 Å². The molecule has 0 saturated heterocycles. The number of benzene rings is 2. The maximum Gasteiger partial charge on any atom is 0.0672 e. The van der Waals surface area contributed by atoms with Gasteiger partial charge in [0.15, 0.2) is 0 Å². The quantitative estimate of drug-likeness (QED) is 0.517. The zero-order valence-corrected chi connectivity index (χ0v) is 12.1. The SMILES string of the molecule is Clc1cc(Cl)c(Cl)c(-c2cccc(Cl)c2Cl)c1. The van der Waals surface area contributed by atoms with Crippen LogP contribution in [0.5, 0.6) is 0 Å². The standard InChI is InChI=1S/C12H5Cl5/c13-6-4-8(12(17)10(15)5-6)7-2-1-3-9(14)11(7)16/h1-5H. The van der Waals surface area contributed by atoms with Crippen LogP contribution in [0.4, 0.5) is 0 Å². The van der Waals surface area contributed by atoms with Crippen LogP contribution >= 0.6 is 58.0 Å². The zero-order valence-electron chi connectivity index (χ0n) is 8.28. The largest absolute Gasteiger partial charge is 0.0843 e. The lowest BCUT2D eigenvalue weighted by atomic mass is 10.1. The molecule has 0 spiro atoms. The Morgan fingerprint density at radius 2 is 1.29 bits per heavy atom. The van der Waals surface area contributed by atoms with Crippen LogP contribution in [0.15, 0.2) is 30.3 Å². The second-order valence-corrected chi connectivity index (χ2v) is 5.36. The van der Waals surface area contributed by atoms with Gasteiger partial charge in [0.2, 0.25) is 0 Å². The summed E-state index contributed by atoms with van der Waals surface area (Å²) in [6.07, 6.45) is 0. The normalized spacial score (nSPS) is 10.6.